The van der Waals surface area contributed by atoms with Crippen LogP contribution in [0.15, 0.2) is 78.0 Å². The first-order valence-electron chi connectivity index (χ1n) is 24.8. The molecule has 3 saturated heterocycles. The lowest BCUT2D eigenvalue weighted by Crippen LogP contribution is -2.65. The SMILES string of the molecule is COC(=O)N1CC[C@H](N2CC3(CCN(c4ccc(C(=O)NS(=O)(=O)c5cc6c(c([N+](=O)[O-])c5)N[C@@H]([C@H]5CC[C@](C)(O)CC5)CO6)c(Oc5cnc6[nH]cc(F)c6c5)c4)CC3)C2)[C@H](c2ccccc2C(C)C)C1. The summed E-state index contributed by atoms with van der Waals surface area (Å²) in [5.74, 6) is -1.05. The molecule has 3 aromatic carbocycles. The van der Waals surface area contributed by atoms with E-state index in [9.17, 15) is 37.6 Å². The molecule has 1 saturated carbocycles. The standard InChI is InChI=1S/C52H61FN8O10S/c1-31(2)36-7-5-6-8-37(36)40-27-59(50(63)69-4)18-13-43(40)60-29-52(30-60)16-19-58(20-17-52)33-9-10-38(45(21-33)71-34-22-39-41(53)26-55-48(39)54-25-34)49(62)57-72(67,68)35-23-44(61(65)66)47-46(24-35)70-28-42(56-47)32-11-14-51(3,64)15-12-32/h5-10,21-26,31-32,40,42-43,56,64H,11-20,27-30H2,1-4H3,(H,54,55)(H,57,62)/t32-,40-,42+,43-,51-/m0/s1. The number of nitro groups is 1. The third-order valence-electron chi connectivity index (χ3n) is 15.9. The van der Waals surface area contributed by atoms with Gasteiger partial charge in [-0.25, -0.2) is 27.3 Å². The second-order valence-corrected chi connectivity index (χ2v) is 22.6. The molecule has 5 aromatic rings. The third kappa shape index (κ3) is 9.63. The first-order valence-corrected chi connectivity index (χ1v) is 26.2. The number of hydrogen-bond acceptors (Lipinski definition) is 14. The summed E-state index contributed by atoms with van der Waals surface area (Å²) in [6, 6.07) is 16.9. The predicted molar refractivity (Wildman–Crippen MR) is 267 cm³/mol. The molecule has 72 heavy (non-hydrogen) atoms. The number of rotatable bonds is 11. The highest BCUT2D eigenvalue weighted by molar-refractivity contribution is 7.90. The first-order chi connectivity index (χ1) is 34.4. The van der Waals surface area contributed by atoms with Crippen LogP contribution in [0, 0.1) is 27.3 Å². The fourth-order valence-electron chi connectivity index (χ4n) is 11.8. The summed E-state index contributed by atoms with van der Waals surface area (Å²) in [5, 5.41) is 26.2. The molecule has 4 N–H and O–H groups in total. The number of H-pyrrole nitrogens is 1. The van der Waals surface area contributed by atoms with Crippen molar-refractivity contribution in [2.75, 3.05) is 63.2 Å². The summed E-state index contributed by atoms with van der Waals surface area (Å²) in [6.45, 7) is 10.8. The van der Waals surface area contributed by atoms with Gasteiger partial charge in [0, 0.05) is 81.3 Å². The molecule has 6 heterocycles. The Labute approximate surface area is 417 Å². The number of carbonyl (C=O) groups is 2. The number of nitrogens with zero attached hydrogens (tertiary/aromatic N) is 5. The molecular weight excluding hydrogens is 948 g/mol. The van der Waals surface area contributed by atoms with E-state index >= 15 is 0 Å². The van der Waals surface area contributed by atoms with Crippen LogP contribution in [0.25, 0.3) is 11.0 Å². The van der Waals surface area contributed by atoms with Gasteiger partial charge < -0.3 is 39.4 Å². The van der Waals surface area contributed by atoms with Crippen LogP contribution in [-0.4, -0.2) is 121 Å². The number of ether oxygens (including phenoxy) is 3. The lowest BCUT2D eigenvalue weighted by Gasteiger charge is -2.59. The number of pyridine rings is 1. The second kappa shape index (κ2) is 19.2. The Morgan fingerprint density at radius 1 is 1.03 bits per heavy atom. The van der Waals surface area contributed by atoms with Gasteiger partial charge in [0.25, 0.3) is 21.6 Å². The summed E-state index contributed by atoms with van der Waals surface area (Å²) < 4.78 is 62.2. The van der Waals surface area contributed by atoms with Crippen LogP contribution in [0.5, 0.6) is 17.2 Å². The number of amides is 2. The minimum absolute atomic E-state index is 0.0161. The van der Waals surface area contributed by atoms with E-state index in [1.54, 1.807) is 19.1 Å². The van der Waals surface area contributed by atoms with E-state index in [2.05, 4.69) is 67.9 Å². The number of nitro benzene ring substituents is 1. The number of nitrogens with one attached hydrogen (secondary N) is 3. The molecule has 4 fully saturated rings. The molecule has 382 valence electrons. The largest absolute Gasteiger partial charge is 0.489 e. The zero-order valence-corrected chi connectivity index (χ0v) is 41.7. The molecule has 3 atom stereocenters. The maximum Gasteiger partial charge on any atom is 0.409 e. The van der Waals surface area contributed by atoms with E-state index in [1.165, 1.54) is 42.8 Å². The Bertz CT molecular complexity index is 3010. The Morgan fingerprint density at radius 3 is 2.50 bits per heavy atom. The minimum Gasteiger partial charge on any atom is -0.489 e. The van der Waals surface area contributed by atoms with Crippen LogP contribution in [0.1, 0.15) is 99.0 Å². The molecular formula is C52H61FN8O10S. The van der Waals surface area contributed by atoms with Crippen LogP contribution in [0.2, 0.25) is 0 Å². The molecule has 0 bridgehead atoms. The van der Waals surface area contributed by atoms with E-state index < -0.39 is 42.9 Å². The van der Waals surface area contributed by atoms with Gasteiger partial charge in [-0.2, -0.15) is 0 Å². The van der Waals surface area contributed by atoms with Crippen molar-refractivity contribution in [3.63, 3.8) is 0 Å². The topological polar surface area (TPSA) is 222 Å². The molecule has 0 unspecified atom stereocenters. The monoisotopic (exact) mass is 1010 g/mol. The van der Waals surface area contributed by atoms with Gasteiger partial charge in [-0.3, -0.25) is 19.8 Å². The number of carbonyl (C=O) groups excluding carboxylic acids is 2. The molecule has 0 radical (unpaired) electrons. The normalized spacial score (nSPS) is 24.2. The number of halogens is 1. The molecule has 5 aliphatic rings. The number of aromatic nitrogens is 2. The fourth-order valence-corrected chi connectivity index (χ4v) is 12.8. The number of aromatic amines is 1. The number of benzene rings is 3. The second-order valence-electron chi connectivity index (χ2n) is 20.9. The lowest BCUT2D eigenvalue weighted by atomic mass is 9.69. The van der Waals surface area contributed by atoms with Gasteiger partial charge in [-0.15, -0.1) is 0 Å². The number of piperidine rings is 2. The Hall–Kier alpha value is -6.51. The number of anilines is 2. The zero-order chi connectivity index (χ0) is 50.7. The predicted octanol–water partition coefficient (Wildman–Crippen LogP) is 8.29. The van der Waals surface area contributed by atoms with Crippen LogP contribution < -0.4 is 24.4 Å². The van der Waals surface area contributed by atoms with Crippen molar-refractivity contribution in [1.29, 1.82) is 0 Å². The molecule has 2 aromatic heterocycles. The van der Waals surface area contributed by atoms with Crippen molar-refractivity contribution in [2.24, 2.45) is 11.3 Å². The van der Waals surface area contributed by atoms with Gasteiger partial charge in [-0.1, -0.05) is 38.1 Å². The molecule has 2 amide bonds. The van der Waals surface area contributed by atoms with Crippen LogP contribution in [-0.2, 0) is 14.8 Å². The van der Waals surface area contributed by atoms with Crippen LogP contribution >= 0.6 is 0 Å². The number of sulfonamides is 1. The van der Waals surface area contributed by atoms with Crippen LogP contribution in [0.4, 0.5) is 26.2 Å². The zero-order valence-electron chi connectivity index (χ0n) is 40.9. The number of aliphatic hydroxyl groups is 1. The average Bonchev–Trinajstić information content (AvgIpc) is 3.73. The lowest BCUT2D eigenvalue weighted by molar-refractivity contribution is -0.384. The van der Waals surface area contributed by atoms with Crippen molar-refractivity contribution in [3.8, 4) is 17.2 Å². The van der Waals surface area contributed by atoms with Crippen LogP contribution in [0.3, 0.4) is 0 Å². The van der Waals surface area contributed by atoms with E-state index in [0.717, 1.165) is 50.2 Å². The van der Waals surface area contributed by atoms with Gasteiger partial charge in [0.15, 0.2) is 11.4 Å². The molecule has 20 heteroatoms. The average molecular weight is 1010 g/mol. The van der Waals surface area contributed by atoms with Gasteiger partial charge in [0.05, 0.1) is 45.7 Å². The maximum absolute atomic E-state index is 14.7. The van der Waals surface area contributed by atoms with E-state index in [1.807, 2.05) is 4.90 Å². The summed E-state index contributed by atoms with van der Waals surface area (Å²) >= 11 is 0. The molecule has 4 aliphatic heterocycles. The van der Waals surface area contributed by atoms with Gasteiger partial charge in [-0.05, 0) is 98.4 Å². The number of likely N-dealkylation sites (tertiary alicyclic amines) is 2. The highest BCUT2D eigenvalue weighted by Gasteiger charge is 2.50. The summed E-state index contributed by atoms with van der Waals surface area (Å²) in [5.41, 5.74) is 2.26. The maximum atomic E-state index is 14.7. The Kier molecular flexibility index (Phi) is 13.1. The van der Waals surface area contributed by atoms with Crippen molar-refractivity contribution in [1.82, 2.24) is 24.5 Å². The third-order valence-corrected chi connectivity index (χ3v) is 17.2. The summed E-state index contributed by atoms with van der Waals surface area (Å²) in [7, 11) is -3.32. The number of methoxy groups -OCH3 is 1. The van der Waals surface area contributed by atoms with Crippen molar-refractivity contribution < 1.29 is 46.6 Å². The Balaban J connectivity index is 0.863. The van der Waals surface area contributed by atoms with Crippen molar-refractivity contribution in [2.45, 2.75) is 100 Å². The Morgan fingerprint density at radius 2 is 1.78 bits per heavy atom. The van der Waals surface area contributed by atoms with Crippen molar-refractivity contribution >= 4 is 50.1 Å². The molecule has 1 aliphatic carbocycles. The van der Waals surface area contributed by atoms with Gasteiger partial charge in [0.1, 0.15) is 29.6 Å². The summed E-state index contributed by atoms with van der Waals surface area (Å²) in [4.78, 5) is 51.7. The fraction of sp³-hybridized carbons (Fsp3) is 0.481. The van der Waals surface area contributed by atoms with Gasteiger partial charge in [0.2, 0.25) is 0 Å². The highest BCUT2D eigenvalue weighted by Crippen LogP contribution is 2.48. The first kappa shape index (κ1) is 49.1. The van der Waals surface area contributed by atoms with Gasteiger partial charge >= 0.3 is 6.09 Å². The van der Waals surface area contributed by atoms with E-state index in [-0.39, 0.29) is 81.6 Å². The smallest absolute Gasteiger partial charge is 0.409 e. The van der Waals surface area contributed by atoms with E-state index in [0.29, 0.717) is 57.8 Å². The quantitative estimate of drug-likeness (QED) is 0.0723. The van der Waals surface area contributed by atoms with E-state index in [4.69, 9.17) is 14.2 Å². The molecule has 18 nitrogen and oxygen atoms in total. The number of fused-ring (bicyclic) bond motifs is 2. The van der Waals surface area contributed by atoms with Crippen molar-refractivity contribution in [3.05, 3.63) is 106 Å². The minimum atomic E-state index is -4.75. The highest BCUT2D eigenvalue weighted by atomic mass is 32.2. The number of hydrogen-bond donors (Lipinski definition) is 4. The summed E-state index contributed by atoms with van der Waals surface area (Å²) in [6.07, 6.45) is 7.39. The molecule has 10 rings (SSSR count). The molecule has 1 spiro atoms.